The molecule has 19 heavy (non-hydrogen) atoms. The minimum atomic E-state index is -2.04. The first kappa shape index (κ1) is 18.1. The van der Waals surface area contributed by atoms with Gasteiger partial charge in [-0.25, -0.2) is 4.79 Å². The van der Waals surface area contributed by atoms with Gasteiger partial charge in [-0.3, -0.25) is 4.79 Å². The van der Waals surface area contributed by atoms with E-state index < -0.39 is 29.9 Å². The van der Waals surface area contributed by atoms with Crippen molar-refractivity contribution in [1.29, 1.82) is 0 Å². The molecule has 0 heterocycles. The number of carbonyl (C=O) groups excluding carboxylic acids is 1. The lowest BCUT2D eigenvalue weighted by Gasteiger charge is -2.23. The fourth-order valence-electron chi connectivity index (χ4n) is 1.90. The molecule has 5 heteroatoms. The number of aliphatic carboxylic acids is 1. The molecule has 0 saturated heterocycles. The number of hydrogen-bond acceptors (Lipinski definition) is 4. The van der Waals surface area contributed by atoms with Gasteiger partial charge in [-0.05, 0) is 19.8 Å². The normalized spacial score (nSPS) is 15.8. The molecule has 5 nitrogen and oxygen atoms in total. The maximum Gasteiger partial charge on any atom is 0.336 e. The fraction of sp³-hybridized carbons (Fsp3) is 0.857. The molecule has 0 saturated carbocycles. The summed E-state index contributed by atoms with van der Waals surface area (Å²) in [6, 6.07) is 0. The summed E-state index contributed by atoms with van der Waals surface area (Å²) < 4.78 is 0. The van der Waals surface area contributed by atoms with Crippen LogP contribution in [-0.2, 0) is 9.59 Å². The average molecular weight is 274 g/mol. The van der Waals surface area contributed by atoms with Gasteiger partial charge in [0.05, 0.1) is 0 Å². The molecular weight excluding hydrogens is 248 g/mol. The molecule has 0 bridgehead atoms. The lowest BCUT2D eigenvalue weighted by Crippen LogP contribution is -2.42. The average Bonchev–Trinajstić information content (AvgIpc) is 2.33. The highest BCUT2D eigenvalue weighted by atomic mass is 16.4. The molecular formula is C14H26O5. The Bertz CT molecular complexity index is 288. The summed E-state index contributed by atoms with van der Waals surface area (Å²) in [5.41, 5.74) is -2.04. The van der Waals surface area contributed by atoms with E-state index in [1.54, 1.807) is 0 Å². The third-order valence-electron chi connectivity index (χ3n) is 3.27. The van der Waals surface area contributed by atoms with Gasteiger partial charge < -0.3 is 15.3 Å². The zero-order valence-electron chi connectivity index (χ0n) is 11.9. The monoisotopic (exact) mass is 274 g/mol. The molecule has 0 aliphatic heterocycles. The van der Waals surface area contributed by atoms with E-state index in [4.69, 9.17) is 10.2 Å². The Balaban J connectivity index is 4.17. The molecule has 0 rings (SSSR count). The number of carboxylic acids is 1. The minimum absolute atomic E-state index is 0.0485. The van der Waals surface area contributed by atoms with E-state index in [-0.39, 0.29) is 6.42 Å². The van der Waals surface area contributed by atoms with Crippen molar-refractivity contribution in [2.75, 3.05) is 0 Å². The van der Waals surface area contributed by atoms with Crippen molar-refractivity contribution >= 4 is 11.8 Å². The summed E-state index contributed by atoms with van der Waals surface area (Å²) in [4.78, 5) is 22.4. The summed E-state index contributed by atoms with van der Waals surface area (Å²) in [7, 11) is 0. The van der Waals surface area contributed by atoms with E-state index >= 15 is 0 Å². The summed E-state index contributed by atoms with van der Waals surface area (Å²) in [5, 5.41) is 28.1. The molecule has 0 fully saturated rings. The van der Waals surface area contributed by atoms with Crippen LogP contribution in [0.4, 0.5) is 0 Å². The number of Topliss-reactive ketones (excluding diaryl/α,β-unsaturated/α-hetero) is 1. The van der Waals surface area contributed by atoms with Crippen molar-refractivity contribution < 1.29 is 24.9 Å². The highest BCUT2D eigenvalue weighted by Gasteiger charge is 2.38. The zero-order valence-corrected chi connectivity index (χ0v) is 11.9. The third kappa shape index (κ3) is 7.28. The van der Waals surface area contributed by atoms with E-state index in [2.05, 4.69) is 6.92 Å². The maximum absolute atomic E-state index is 11.4. The third-order valence-corrected chi connectivity index (χ3v) is 3.27. The molecule has 2 unspecified atom stereocenters. The number of carboxylic acid groups (broad SMARTS) is 1. The second kappa shape index (κ2) is 9.04. The Labute approximate surface area is 114 Å². The molecule has 0 aromatic rings. The fourth-order valence-corrected chi connectivity index (χ4v) is 1.90. The Morgan fingerprint density at radius 2 is 1.63 bits per heavy atom. The molecule has 0 radical (unpaired) electrons. The van der Waals surface area contributed by atoms with E-state index in [1.165, 1.54) is 6.92 Å². The van der Waals surface area contributed by atoms with Gasteiger partial charge in [-0.1, -0.05) is 39.0 Å². The number of aliphatic hydroxyl groups excluding tert-OH is 1. The topological polar surface area (TPSA) is 94.8 Å². The molecule has 2 atom stereocenters. The van der Waals surface area contributed by atoms with Crippen LogP contribution in [0.25, 0.3) is 0 Å². The molecule has 0 spiro atoms. The number of aliphatic hydroxyl groups is 2. The summed E-state index contributed by atoms with van der Waals surface area (Å²) >= 11 is 0. The Kier molecular flexibility index (Phi) is 8.59. The van der Waals surface area contributed by atoms with Crippen molar-refractivity contribution in [2.45, 2.75) is 76.9 Å². The van der Waals surface area contributed by atoms with Gasteiger partial charge in [0.25, 0.3) is 0 Å². The van der Waals surface area contributed by atoms with Crippen molar-refractivity contribution in [3.63, 3.8) is 0 Å². The van der Waals surface area contributed by atoms with E-state index in [1.807, 2.05) is 0 Å². The predicted octanol–water partition coefficient (Wildman–Crippen LogP) is 1.89. The van der Waals surface area contributed by atoms with Gasteiger partial charge in [0.2, 0.25) is 0 Å². The number of hydrogen-bond donors (Lipinski definition) is 3. The van der Waals surface area contributed by atoms with Gasteiger partial charge >= 0.3 is 5.97 Å². The van der Waals surface area contributed by atoms with Gasteiger partial charge in [0.1, 0.15) is 6.10 Å². The molecule has 0 aliphatic rings. The highest BCUT2D eigenvalue weighted by molar-refractivity contribution is 5.89. The number of ketones is 1. The Morgan fingerprint density at radius 1 is 1.11 bits per heavy atom. The summed E-state index contributed by atoms with van der Waals surface area (Å²) in [6.45, 7) is 3.39. The highest BCUT2D eigenvalue weighted by Crippen LogP contribution is 2.21. The van der Waals surface area contributed by atoms with Crippen molar-refractivity contribution in [1.82, 2.24) is 0 Å². The first-order valence-electron chi connectivity index (χ1n) is 7.00. The Hall–Kier alpha value is -0.940. The van der Waals surface area contributed by atoms with E-state index in [9.17, 15) is 14.7 Å². The first-order chi connectivity index (χ1) is 8.83. The summed E-state index contributed by atoms with van der Waals surface area (Å²) in [6.07, 6.45) is 4.10. The van der Waals surface area contributed by atoms with Crippen LogP contribution in [0.3, 0.4) is 0 Å². The summed E-state index contributed by atoms with van der Waals surface area (Å²) in [5.74, 6) is -2.04. The van der Waals surface area contributed by atoms with Gasteiger partial charge in [-0.2, -0.15) is 0 Å². The van der Waals surface area contributed by atoms with Crippen LogP contribution in [0.5, 0.6) is 0 Å². The van der Waals surface area contributed by atoms with Crippen LogP contribution in [0.2, 0.25) is 0 Å². The van der Waals surface area contributed by atoms with Crippen LogP contribution in [0.15, 0.2) is 0 Å². The van der Waals surface area contributed by atoms with Gasteiger partial charge in [0, 0.05) is 6.42 Å². The van der Waals surface area contributed by atoms with Crippen LogP contribution < -0.4 is 0 Å². The number of unbranched alkanes of at least 4 members (excludes halogenated alkanes) is 5. The predicted molar refractivity (Wildman–Crippen MR) is 71.9 cm³/mol. The van der Waals surface area contributed by atoms with E-state index in [0.717, 1.165) is 32.1 Å². The quantitative estimate of drug-likeness (QED) is 0.500. The maximum atomic E-state index is 11.4. The van der Waals surface area contributed by atoms with Crippen LogP contribution >= 0.6 is 0 Å². The second-order valence-corrected chi connectivity index (χ2v) is 5.17. The van der Waals surface area contributed by atoms with Crippen LogP contribution in [0, 0.1) is 0 Å². The second-order valence-electron chi connectivity index (χ2n) is 5.17. The minimum Gasteiger partial charge on any atom is -0.479 e. The lowest BCUT2D eigenvalue weighted by molar-refractivity contribution is -0.163. The molecule has 0 aromatic carbocycles. The molecule has 0 aliphatic carbocycles. The molecule has 0 amide bonds. The molecule has 0 aromatic heterocycles. The van der Waals surface area contributed by atoms with Crippen LogP contribution in [0.1, 0.15) is 65.2 Å². The van der Waals surface area contributed by atoms with Crippen molar-refractivity contribution in [3.05, 3.63) is 0 Å². The SMILES string of the molecule is CCCCCCCCC(O)(CC(=O)C(C)O)C(=O)O. The van der Waals surface area contributed by atoms with Gasteiger partial charge in [0.15, 0.2) is 11.4 Å². The lowest BCUT2D eigenvalue weighted by atomic mass is 9.89. The zero-order chi connectivity index (χ0) is 14.9. The smallest absolute Gasteiger partial charge is 0.336 e. The standard InChI is InChI=1S/C14H26O5/c1-3-4-5-6-7-8-9-14(19,13(17)18)10-12(16)11(2)15/h11,15,19H,3-10H2,1-2H3,(H,17,18). The van der Waals surface area contributed by atoms with Crippen molar-refractivity contribution in [2.24, 2.45) is 0 Å². The van der Waals surface area contributed by atoms with Crippen molar-refractivity contribution in [3.8, 4) is 0 Å². The first-order valence-corrected chi connectivity index (χ1v) is 7.00. The van der Waals surface area contributed by atoms with Gasteiger partial charge in [-0.15, -0.1) is 0 Å². The Morgan fingerprint density at radius 3 is 2.11 bits per heavy atom. The largest absolute Gasteiger partial charge is 0.479 e. The molecule has 3 N–H and O–H groups in total. The van der Waals surface area contributed by atoms with Crippen LogP contribution in [-0.4, -0.2) is 38.8 Å². The number of rotatable bonds is 11. The molecule has 112 valence electrons. The number of carbonyl (C=O) groups is 2. The van der Waals surface area contributed by atoms with E-state index in [0.29, 0.717) is 6.42 Å².